The van der Waals surface area contributed by atoms with Crippen molar-refractivity contribution in [3.05, 3.63) is 23.3 Å². The fourth-order valence-corrected chi connectivity index (χ4v) is 0.844. The number of nitrogens with two attached hydrogens (primary N) is 1. The zero-order valence-corrected chi connectivity index (χ0v) is 6.61. The molecular weight excluding hydrogens is 158 g/mol. The molecule has 0 radical (unpaired) electrons. The van der Waals surface area contributed by atoms with Crippen LogP contribution in [0.1, 0.15) is 22.0 Å². The first-order valence-electron chi connectivity index (χ1n) is 3.41. The van der Waals surface area contributed by atoms with Crippen molar-refractivity contribution in [1.29, 1.82) is 0 Å². The number of carboxylic acids is 1. The molecule has 0 aliphatic heterocycles. The summed E-state index contributed by atoms with van der Waals surface area (Å²) in [5.41, 5.74) is 5.83. The number of rotatable bonds is 2. The molecule has 0 spiro atoms. The van der Waals surface area contributed by atoms with Crippen LogP contribution in [0.15, 0.2) is 6.07 Å². The number of hydrogen-bond acceptors (Lipinski definition) is 4. The van der Waals surface area contributed by atoms with Crippen LogP contribution in [0, 0.1) is 6.92 Å². The molecule has 64 valence electrons. The minimum absolute atomic E-state index is 0.0112. The third kappa shape index (κ3) is 1.76. The minimum atomic E-state index is -1.06. The molecule has 0 fully saturated rings. The first-order valence-corrected chi connectivity index (χ1v) is 3.41. The predicted molar refractivity (Wildman–Crippen MR) is 41.6 cm³/mol. The van der Waals surface area contributed by atoms with E-state index in [0.29, 0.717) is 11.5 Å². The van der Waals surface area contributed by atoms with E-state index in [0.717, 1.165) is 0 Å². The topological polar surface area (TPSA) is 89.1 Å². The summed E-state index contributed by atoms with van der Waals surface area (Å²) in [5, 5.41) is 8.60. The number of aromatic nitrogens is 2. The summed E-state index contributed by atoms with van der Waals surface area (Å²) < 4.78 is 0. The molecule has 1 heterocycles. The second-order valence-corrected chi connectivity index (χ2v) is 2.30. The molecule has 0 saturated carbocycles. The van der Waals surface area contributed by atoms with Crippen LogP contribution < -0.4 is 5.73 Å². The quantitative estimate of drug-likeness (QED) is 0.644. The largest absolute Gasteiger partial charge is 0.477 e. The van der Waals surface area contributed by atoms with Gasteiger partial charge in [0.25, 0.3) is 0 Å². The van der Waals surface area contributed by atoms with Crippen LogP contribution in [-0.2, 0) is 6.54 Å². The van der Waals surface area contributed by atoms with Crippen molar-refractivity contribution >= 4 is 5.97 Å². The molecule has 3 N–H and O–H groups in total. The van der Waals surface area contributed by atoms with Gasteiger partial charge in [-0.3, -0.25) is 0 Å². The van der Waals surface area contributed by atoms with Crippen molar-refractivity contribution < 1.29 is 9.90 Å². The van der Waals surface area contributed by atoms with Gasteiger partial charge in [0, 0.05) is 6.54 Å². The number of aromatic carboxylic acids is 1. The zero-order valence-electron chi connectivity index (χ0n) is 6.61. The van der Waals surface area contributed by atoms with Crippen LogP contribution >= 0.6 is 0 Å². The Morgan fingerprint density at radius 3 is 2.83 bits per heavy atom. The number of carboxylic acid groups (broad SMARTS) is 1. The third-order valence-corrected chi connectivity index (χ3v) is 1.32. The van der Waals surface area contributed by atoms with E-state index >= 15 is 0 Å². The maximum atomic E-state index is 10.5. The van der Waals surface area contributed by atoms with E-state index in [1.807, 2.05) is 0 Å². The van der Waals surface area contributed by atoms with Crippen molar-refractivity contribution in [3.63, 3.8) is 0 Å². The lowest BCUT2D eigenvalue weighted by atomic mass is 10.3. The normalized spacial score (nSPS) is 9.83. The van der Waals surface area contributed by atoms with E-state index in [9.17, 15) is 4.79 Å². The van der Waals surface area contributed by atoms with Gasteiger partial charge in [0.1, 0.15) is 5.82 Å². The first kappa shape index (κ1) is 8.61. The second kappa shape index (κ2) is 3.27. The molecule has 0 aliphatic rings. The Hall–Kier alpha value is -1.49. The summed E-state index contributed by atoms with van der Waals surface area (Å²) in [7, 11) is 0. The van der Waals surface area contributed by atoms with Crippen LogP contribution in [0.4, 0.5) is 0 Å². The van der Waals surface area contributed by atoms with E-state index in [1.165, 1.54) is 6.07 Å². The zero-order chi connectivity index (χ0) is 9.14. The van der Waals surface area contributed by atoms with Gasteiger partial charge in [-0.05, 0) is 13.0 Å². The molecule has 5 heteroatoms. The van der Waals surface area contributed by atoms with Crippen molar-refractivity contribution in [1.82, 2.24) is 9.97 Å². The molecular formula is C7H9N3O2. The molecule has 0 amide bonds. The summed E-state index contributed by atoms with van der Waals surface area (Å²) in [5.74, 6) is -0.634. The van der Waals surface area contributed by atoms with Gasteiger partial charge in [0.2, 0.25) is 0 Å². The second-order valence-electron chi connectivity index (χ2n) is 2.30. The Morgan fingerprint density at radius 1 is 1.67 bits per heavy atom. The Labute approximate surface area is 69.3 Å². The molecule has 0 aromatic carbocycles. The van der Waals surface area contributed by atoms with Gasteiger partial charge < -0.3 is 10.8 Å². The smallest absolute Gasteiger partial charge is 0.354 e. The fourth-order valence-electron chi connectivity index (χ4n) is 0.844. The number of nitrogens with zero attached hydrogens (tertiary/aromatic N) is 2. The highest BCUT2D eigenvalue weighted by molar-refractivity contribution is 5.85. The van der Waals surface area contributed by atoms with Crippen molar-refractivity contribution in [2.45, 2.75) is 13.5 Å². The van der Waals surface area contributed by atoms with Crippen LogP contribution in [0.3, 0.4) is 0 Å². The van der Waals surface area contributed by atoms with Crippen LogP contribution in [0.5, 0.6) is 0 Å². The molecule has 5 nitrogen and oxygen atoms in total. The van der Waals surface area contributed by atoms with Crippen molar-refractivity contribution in [2.75, 3.05) is 0 Å². The summed E-state index contributed by atoms with van der Waals surface area (Å²) in [6.45, 7) is 1.86. The summed E-state index contributed by atoms with van der Waals surface area (Å²) in [6, 6.07) is 1.37. The fraction of sp³-hybridized carbons (Fsp3) is 0.286. The standard InChI is InChI=1S/C7H9N3O2/c1-4-9-5(3-8)2-6(10-4)7(11)12/h2H,3,8H2,1H3,(H,11,12). The molecule has 0 aliphatic carbocycles. The monoisotopic (exact) mass is 167 g/mol. The van der Waals surface area contributed by atoms with E-state index in [-0.39, 0.29) is 12.2 Å². The van der Waals surface area contributed by atoms with Gasteiger partial charge in [-0.2, -0.15) is 0 Å². The van der Waals surface area contributed by atoms with E-state index in [4.69, 9.17) is 10.8 Å². The number of hydrogen-bond donors (Lipinski definition) is 2. The number of aryl methyl sites for hydroxylation is 1. The third-order valence-electron chi connectivity index (χ3n) is 1.32. The summed E-state index contributed by atoms with van der Waals surface area (Å²) >= 11 is 0. The van der Waals surface area contributed by atoms with E-state index in [1.54, 1.807) is 6.92 Å². The highest BCUT2D eigenvalue weighted by Gasteiger charge is 2.06. The van der Waals surface area contributed by atoms with Crippen molar-refractivity contribution in [3.8, 4) is 0 Å². The number of carbonyl (C=O) groups is 1. The molecule has 1 rings (SSSR count). The van der Waals surface area contributed by atoms with E-state index in [2.05, 4.69) is 9.97 Å². The SMILES string of the molecule is Cc1nc(CN)cc(C(=O)O)n1. The van der Waals surface area contributed by atoms with Gasteiger partial charge in [0.05, 0.1) is 5.69 Å². The van der Waals surface area contributed by atoms with Gasteiger partial charge in [-0.25, -0.2) is 14.8 Å². The molecule has 0 saturated heterocycles. The van der Waals surface area contributed by atoms with Gasteiger partial charge in [-0.1, -0.05) is 0 Å². The molecule has 0 unspecified atom stereocenters. The van der Waals surface area contributed by atoms with Gasteiger partial charge in [0.15, 0.2) is 5.69 Å². The highest BCUT2D eigenvalue weighted by Crippen LogP contribution is 2.00. The molecule has 1 aromatic rings. The predicted octanol–water partition coefficient (Wildman–Crippen LogP) is -0.0581. The minimum Gasteiger partial charge on any atom is -0.477 e. The van der Waals surface area contributed by atoms with Crippen molar-refractivity contribution in [2.24, 2.45) is 5.73 Å². The van der Waals surface area contributed by atoms with Gasteiger partial charge in [-0.15, -0.1) is 0 Å². The molecule has 0 atom stereocenters. The molecule has 12 heavy (non-hydrogen) atoms. The summed E-state index contributed by atoms with van der Waals surface area (Å²) in [6.07, 6.45) is 0. The Kier molecular flexibility index (Phi) is 2.35. The Balaban J connectivity index is 3.15. The first-order chi connectivity index (χ1) is 5.63. The van der Waals surface area contributed by atoms with Crippen LogP contribution in [0.25, 0.3) is 0 Å². The maximum absolute atomic E-state index is 10.5. The lowest BCUT2D eigenvalue weighted by Gasteiger charge is -1.99. The average Bonchev–Trinajstić information content (AvgIpc) is 2.03. The van der Waals surface area contributed by atoms with E-state index < -0.39 is 5.97 Å². The van der Waals surface area contributed by atoms with Crippen LogP contribution in [-0.4, -0.2) is 21.0 Å². The lowest BCUT2D eigenvalue weighted by Crippen LogP contribution is -2.08. The molecule has 1 aromatic heterocycles. The maximum Gasteiger partial charge on any atom is 0.354 e. The highest BCUT2D eigenvalue weighted by atomic mass is 16.4. The average molecular weight is 167 g/mol. The molecule has 0 bridgehead atoms. The van der Waals surface area contributed by atoms with Crippen LogP contribution in [0.2, 0.25) is 0 Å². The van der Waals surface area contributed by atoms with Gasteiger partial charge >= 0.3 is 5.97 Å². The Bertz CT molecular complexity index is 312. The lowest BCUT2D eigenvalue weighted by molar-refractivity contribution is 0.0689. The summed E-state index contributed by atoms with van der Waals surface area (Å²) in [4.78, 5) is 18.1. The Morgan fingerprint density at radius 2 is 2.33 bits per heavy atom.